The van der Waals surface area contributed by atoms with E-state index in [-0.39, 0.29) is 25.2 Å². The molecule has 0 bridgehead atoms. The number of hydrogen-bond donors (Lipinski definition) is 2. The Labute approximate surface area is 138 Å². The molecule has 0 fully saturated rings. The second-order valence-electron chi connectivity index (χ2n) is 4.86. The third-order valence-corrected chi connectivity index (χ3v) is 2.60. The van der Waals surface area contributed by atoms with Gasteiger partial charge in [-0.05, 0) is 39.0 Å². The number of aliphatic hydroxyl groups is 2. The first-order valence-electron chi connectivity index (χ1n) is 7.83. The van der Waals surface area contributed by atoms with Crippen LogP contribution in [0.2, 0.25) is 0 Å². The zero-order valence-corrected chi connectivity index (χ0v) is 14.1. The minimum Gasteiger partial charge on any atom is -0.463 e. The Balaban J connectivity index is 0. The van der Waals surface area contributed by atoms with Crippen molar-refractivity contribution >= 4 is 11.9 Å². The van der Waals surface area contributed by atoms with Crippen LogP contribution in [-0.4, -0.2) is 48.6 Å². The monoisotopic (exact) mass is 330 g/mol. The van der Waals surface area contributed by atoms with E-state index in [2.05, 4.69) is 13.2 Å². The SMILES string of the molecule is C=C(C)C(=O)OCCCCO.C=CC(=O)OCCCCCCO. The van der Waals surface area contributed by atoms with Crippen LogP contribution in [0.1, 0.15) is 45.4 Å². The zero-order chi connectivity index (χ0) is 17.9. The molecule has 134 valence electrons. The summed E-state index contributed by atoms with van der Waals surface area (Å²) in [4.78, 5) is 21.2. The van der Waals surface area contributed by atoms with Crippen LogP contribution in [0, 0.1) is 0 Å². The third kappa shape index (κ3) is 20.3. The van der Waals surface area contributed by atoms with Crippen LogP contribution in [-0.2, 0) is 19.1 Å². The highest BCUT2D eigenvalue weighted by Crippen LogP contribution is 1.99. The fourth-order valence-corrected chi connectivity index (χ4v) is 1.30. The fraction of sp³-hybridized carbons (Fsp3) is 0.647. The summed E-state index contributed by atoms with van der Waals surface area (Å²) in [5, 5.41) is 16.8. The van der Waals surface area contributed by atoms with Gasteiger partial charge in [0.15, 0.2) is 0 Å². The molecule has 0 saturated carbocycles. The van der Waals surface area contributed by atoms with Gasteiger partial charge in [0.25, 0.3) is 0 Å². The van der Waals surface area contributed by atoms with Crippen LogP contribution in [0.4, 0.5) is 0 Å². The van der Waals surface area contributed by atoms with Gasteiger partial charge in [-0.1, -0.05) is 19.6 Å². The molecule has 2 N–H and O–H groups in total. The molecule has 0 atom stereocenters. The number of rotatable bonds is 12. The lowest BCUT2D eigenvalue weighted by molar-refractivity contribution is -0.139. The van der Waals surface area contributed by atoms with Crippen molar-refractivity contribution in [2.75, 3.05) is 26.4 Å². The summed E-state index contributed by atoms with van der Waals surface area (Å²) in [5.41, 5.74) is 0.411. The first kappa shape index (κ1) is 23.6. The highest BCUT2D eigenvalue weighted by Gasteiger charge is 2.00. The van der Waals surface area contributed by atoms with Crippen molar-refractivity contribution in [3.8, 4) is 0 Å². The summed E-state index contributed by atoms with van der Waals surface area (Å²) in [6.07, 6.45) is 6.20. The summed E-state index contributed by atoms with van der Waals surface area (Å²) in [6, 6.07) is 0. The molecule has 6 heteroatoms. The highest BCUT2D eigenvalue weighted by molar-refractivity contribution is 5.86. The number of carbonyl (C=O) groups excluding carboxylic acids is 2. The number of ether oxygens (including phenoxy) is 2. The quantitative estimate of drug-likeness (QED) is 0.323. The predicted octanol–water partition coefficient (Wildman–Crippen LogP) is 2.15. The lowest BCUT2D eigenvalue weighted by Gasteiger charge is -2.01. The van der Waals surface area contributed by atoms with E-state index < -0.39 is 0 Å². The lowest BCUT2D eigenvalue weighted by Crippen LogP contribution is -2.06. The van der Waals surface area contributed by atoms with E-state index in [9.17, 15) is 9.59 Å². The number of esters is 2. The Morgan fingerprint density at radius 3 is 1.91 bits per heavy atom. The number of carbonyl (C=O) groups is 2. The van der Waals surface area contributed by atoms with Crippen LogP contribution < -0.4 is 0 Å². The Kier molecular flexibility index (Phi) is 18.9. The molecular formula is C17H30O6. The minimum atomic E-state index is -0.364. The standard InChI is InChI=1S/C9H16O3.C8H14O3/c1-2-9(11)12-8-6-4-3-5-7-10;1-7(2)8(10)11-6-4-3-5-9/h2,10H,1,3-8H2;9H,1,3-6H2,2H3. The number of unbranched alkanes of at least 4 members (excludes halogenated alkanes) is 4. The molecule has 0 heterocycles. The van der Waals surface area contributed by atoms with Gasteiger partial charge in [-0.25, -0.2) is 9.59 Å². The molecule has 0 aliphatic rings. The zero-order valence-electron chi connectivity index (χ0n) is 14.1. The van der Waals surface area contributed by atoms with Crippen LogP contribution >= 0.6 is 0 Å². The molecule has 0 aromatic carbocycles. The molecule has 0 aromatic rings. The van der Waals surface area contributed by atoms with Crippen molar-refractivity contribution < 1.29 is 29.3 Å². The van der Waals surface area contributed by atoms with E-state index in [1.807, 2.05) is 0 Å². The highest BCUT2D eigenvalue weighted by atomic mass is 16.5. The Hall–Kier alpha value is -1.66. The third-order valence-electron chi connectivity index (χ3n) is 2.60. The first-order chi connectivity index (χ1) is 11.0. The van der Waals surface area contributed by atoms with Crippen molar-refractivity contribution in [2.24, 2.45) is 0 Å². The first-order valence-corrected chi connectivity index (χ1v) is 7.83. The van der Waals surface area contributed by atoms with Crippen LogP contribution in [0.25, 0.3) is 0 Å². The molecule has 0 aliphatic carbocycles. The Morgan fingerprint density at radius 1 is 0.913 bits per heavy atom. The molecule has 0 amide bonds. The van der Waals surface area contributed by atoms with Crippen molar-refractivity contribution in [3.63, 3.8) is 0 Å². The second-order valence-corrected chi connectivity index (χ2v) is 4.86. The summed E-state index contributed by atoms with van der Waals surface area (Å²) in [5.74, 6) is -0.722. The van der Waals surface area contributed by atoms with E-state index in [1.54, 1.807) is 6.92 Å². The molecule has 0 spiro atoms. The summed E-state index contributed by atoms with van der Waals surface area (Å²) in [6.45, 7) is 9.52. The van der Waals surface area contributed by atoms with Crippen molar-refractivity contribution in [1.82, 2.24) is 0 Å². The van der Waals surface area contributed by atoms with Gasteiger partial charge in [0, 0.05) is 24.9 Å². The van der Waals surface area contributed by atoms with Gasteiger partial charge in [0.2, 0.25) is 0 Å². The minimum absolute atomic E-state index is 0.143. The normalized spacial score (nSPS) is 9.35. The van der Waals surface area contributed by atoms with Gasteiger partial charge in [0.1, 0.15) is 0 Å². The average Bonchev–Trinajstić information content (AvgIpc) is 2.54. The van der Waals surface area contributed by atoms with Crippen LogP contribution in [0.15, 0.2) is 24.8 Å². The molecule has 0 aliphatic heterocycles. The maximum atomic E-state index is 10.7. The molecule has 6 nitrogen and oxygen atoms in total. The summed E-state index contributed by atoms with van der Waals surface area (Å²) >= 11 is 0. The molecule has 0 rings (SSSR count). The smallest absolute Gasteiger partial charge is 0.333 e. The van der Waals surface area contributed by atoms with Gasteiger partial charge in [-0.15, -0.1) is 0 Å². The van der Waals surface area contributed by atoms with Gasteiger partial charge in [0.05, 0.1) is 13.2 Å². The molecule has 0 radical (unpaired) electrons. The van der Waals surface area contributed by atoms with E-state index in [4.69, 9.17) is 19.7 Å². The maximum absolute atomic E-state index is 10.7. The molecule has 23 heavy (non-hydrogen) atoms. The van der Waals surface area contributed by atoms with Crippen molar-refractivity contribution in [1.29, 1.82) is 0 Å². The Bertz CT molecular complexity index is 338. The van der Waals surface area contributed by atoms with Gasteiger partial charge in [-0.2, -0.15) is 0 Å². The van der Waals surface area contributed by atoms with Crippen LogP contribution in [0.3, 0.4) is 0 Å². The van der Waals surface area contributed by atoms with E-state index in [0.717, 1.165) is 31.8 Å². The van der Waals surface area contributed by atoms with Crippen LogP contribution in [0.5, 0.6) is 0 Å². The second kappa shape index (κ2) is 18.4. The van der Waals surface area contributed by atoms with Gasteiger partial charge >= 0.3 is 11.9 Å². The topological polar surface area (TPSA) is 93.1 Å². The van der Waals surface area contributed by atoms with Crippen molar-refractivity contribution in [2.45, 2.75) is 45.4 Å². The number of aliphatic hydroxyl groups excluding tert-OH is 2. The maximum Gasteiger partial charge on any atom is 0.333 e. The fourth-order valence-electron chi connectivity index (χ4n) is 1.30. The molecule has 0 unspecified atom stereocenters. The van der Waals surface area contributed by atoms with E-state index in [1.165, 1.54) is 0 Å². The summed E-state index contributed by atoms with van der Waals surface area (Å²) in [7, 11) is 0. The Morgan fingerprint density at radius 2 is 1.39 bits per heavy atom. The predicted molar refractivity (Wildman–Crippen MR) is 88.8 cm³/mol. The molecule has 0 saturated heterocycles. The van der Waals surface area contributed by atoms with Crippen molar-refractivity contribution in [3.05, 3.63) is 24.8 Å². The van der Waals surface area contributed by atoms with Gasteiger partial charge in [-0.3, -0.25) is 0 Å². The number of hydrogen-bond acceptors (Lipinski definition) is 6. The molecule has 0 aromatic heterocycles. The largest absolute Gasteiger partial charge is 0.463 e. The average molecular weight is 330 g/mol. The molecular weight excluding hydrogens is 300 g/mol. The lowest BCUT2D eigenvalue weighted by atomic mass is 10.2. The van der Waals surface area contributed by atoms with Gasteiger partial charge < -0.3 is 19.7 Å². The van der Waals surface area contributed by atoms with E-state index >= 15 is 0 Å². The summed E-state index contributed by atoms with van der Waals surface area (Å²) < 4.78 is 9.51. The van der Waals surface area contributed by atoms with E-state index in [0.29, 0.717) is 31.6 Å².